The molecule has 6 nitrogen and oxygen atoms in total. The molecule has 0 bridgehead atoms. The zero-order valence-electron chi connectivity index (χ0n) is 19.3. The highest BCUT2D eigenvalue weighted by Crippen LogP contribution is 2.45. The lowest BCUT2D eigenvalue weighted by molar-refractivity contribution is 0.394. The van der Waals surface area contributed by atoms with Crippen LogP contribution in [0.15, 0.2) is 85.2 Å². The summed E-state index contributed by atoms with van der Waals surface area (Å²) in [6.45, 7) is 2.10. The summed E-state index contributed by atoms with van der Waals surface area (Å²) in [4.78, 5) is 6.78. The first kappa shape index (κ1) is 22.0. The number of nitrogens with zero attached hydrogens (tertiary/aromatic N) is 3. The molecule has 7 heteroatoms. The monoisotopic (exact) mass is 470 g/mol. The van der Waals surface area contributed by atoms with Gasteiger partial charge in [-0.3, -0.25) is 4.98 Å². The Balaban J connectivity index is 1.69. The molecule has 1 aliphatic rings. The minimum Gasteiger partial charge on any atom is -0.497 e. The van der Waals surface area contributed by atoms with E-state index in [0.717, 1.165) is 28.5 Å². The first-order valence-corrected chi connectivity index (χ1v) is 11.5. The van der Waals surface area contributed by atoms with Gasteiger partial charge >= 0.3 is 0 Å². The molecule has 4 aromatic rings. The van der Waals surface area contributed by atoms with Crippen molar-refractivity contribution in [2.75, 3.05) is 19.1 Å². The molecule has 0 radical (unpaired) electrons. The topological polar surface area (TPSA) is 51.5 Å². The fourth-order valence-electron chi connectivity index (χ4n) is 4.55. The molecule has 5 rings (SSSR count). The molecule has 0 unspecified atom stereocenters. The van der Waals surface area contributed by atoms with Crippen molar-refractivity contribution in [2.24, 2.45) is 0 Å². The Morgan fingerprint density at radius 3 is 2.56 bits per heavy atom. The van der Waals surface area contributed by atoms with E-state index in [1.165, 1.54) is 5.56 Å². The smallest absolute Gasteiger partial charge is 0.174 e. The molecule has 0 saturated carbocycles. The predicted octanol–water partition coefficient (Wildman–Crippen LogP) is 5.38. The minimum absolute atomic E-state index is 0.154. The lowest BCUT2D eigenvalue weighted by Crippen LogP contribution is -2.30. The van der Waals surface area contributed by atoms with Crippen LogP contribution in [-0.2, 0) is 0 Å². The van der Waals surface area contributed by atoms with Crippen LogP contribution in [0.2, 0.25) is 0 Å². The number of anilines is 1. The van der Waals surface area contributed by atoms with Crippen molar-refractivity contribution in [1.82, 2.24) is 14.9 Å². The average molecular weight is 471 g/mol. The second-order valence-electron chi connectivity index (χ2n) is 8.18. The number of thiocarbonyl (C=S) groups is 1. The summed E-state index contributed by atoms with van der Waals surface area (Å²) in [6, 6.07) is 24.1. The maximum absolute atomic E-state index is 5.89. The van der Waals surface area contributed by atoms with Crippen LogP contribution in [0.25, 0.3) is 5.69 Å². The van der Waals surface area contributed by atoms with Crippen molar-refractivity contribution >= 4 is 23.0 Å². The quantitative estimate of drug-likeness (QED) is 0.382. The lowest BCUT2D eigenvalue weighted by Gasteiger charge is -2.30. The highest BCUT2D eigenvalue weighted by Gasteiger charge is 2.43. The molecule has 172 valence electrons. The third-order valence-electron chi connectivity index (χ3n) is 6.11. The molecule has 0 aliphatic carbocycles. The summed E-state index contributed by atoms with van der Waals surface area (Å²) in [5, 5.41) is 4.13. The molecule has 3 heterocycles. The summed E-state index contributed by atoms with van der Waals surface area (Å²) in [5.74, 6) is 1.41. The Labute approximate surface area is 204 Å². The number of aromatic nitrogens is 2. The molecule has 2 aromatic carbocycles. The summed E-state index contributed by atoms with van der Waals surface area (Å²) >= 11 is 5.89. The molecule has 34 heavy (non-hydrogen) atoms. The van der Waals surface area contributed by atoms with E-state index < -0.39 is 0 Å². The SMILES string of the molecule is COc1ccc(N2C(=S)N[C@H](c3ccccn3)[C@@H]2c2cccn2-c2cccc(C)c2)c(OC)c1. The number of benzene rings is 2. The van der Waals surface area contributed by atoms with E-state index >= 15 is 0 Å². The van der Waals surface area contributed by atoms with Gasteiger partial charge in [-0.1, -0.05) is 18.2 Å². The van der Waals surface area contributed by atoms with Crippen molar-refractivity contribution in [1.29, 1.82) is 0 Å². The average Bonchev–Trinajstić information content (AvgIpc) is 3.48. The maximum Gasteiger partial charge on any atom is 0.174 e. The third-order valence-corrected chi connectivity index (χ3v) is 6.42. The van der Waals surface area contributed by atoms with E-state index in [9.17, 15) is 0 Å². The first-order valence-electron chi connectivity index (χ1n) is 11.1. The second kappa shape index (κ2) is 9.19. The summed E-state index contributed by atoms with van der Waals surface area (Å²) in [6.07, 6.45) is 3.90. The van der Waals surface area contributed by atoms with E-state index in [1.807, 2.05) is 42.6 Å². The predicted molar refractivity (Wildman–Crippen MR) is 138 cm³/mol. The molecular formula is C27H26N4O2S. The Hall–Kier alpha value is -3.84. The van der Waals surface area contributed by atoms with Gasteiger partial charge in [-0.15, -0.1) is 0 Å². The fourth-order valence-corrected chi connectivity index (χ4v) is 4.89. The molecule has 2 atom stereocenters. The summed E-state index contributed by atoms with van der Waals surface area (Å²) in [5.41, 5.74) is 5.17. The Morgan fingerprint density at radius 2 is 1.82 bits per heavy atom. The van der Waals surface area contributed by atoms with Gasteiger partial charge in [-0.25, -0.2) is 0 Å². The van der Waals surface area contributed by atoms with Gasteiger partial charge < -0.3 is 24.3 Å². The highest BCUT2D eigenvalue weighted by atomic mass is 32.1. The van der Waals surface area contributed by atoms with Gasteiger partial charge in [0.05, 0.1) is 31.6 Å². The van der Waals surface area contributed by atoms with Gasteiger partial charge in [0.25, 0.3) is 0 Å². The van der Waals surface area contributed by atoms with Crippen LogP contribution in [0.5, 0.6) is 11.5 Å². The number of rotatable bonds is 6. The maximum atomic E-state index is 5.89. The van der Waals surface area contributed by atoms with Gasteiger partial charge in [0.2, 0.25) is 0 Å². The van der Waals surface area contributed by atoms with Crippen molar-refractivity contribution in [3.63, 3.8) is 0 Å². The molecular weight excluding hydrogens is 444 g/mol. The van der Waals surface area contributed by atoms with Gasteiger partial charge in [0.1, 0.15) is 17.5 Å². The van der Waals surface area contributed by atoms with E-state index in [0.29, 0.717) is 10.9 Å². The van der Waals surface area contributed by atoms with Crippen LogP contribution < -0.4 is 19.7 Å². The van der Waals surface area contributed by atoms with Crippen LogP contribution in [0.1, 0.15) is 29.0 Å². The molecule has 1 aliphatic heterocycles. The number of nitrogens with one attached hydrogen (secondary N) is 1. The van der Waals surface area contributed by atoms with Gasteiger partial charge in [-0.2, -0.15) is 0 Å². The van der Waals surface area contributed by atoms with E-state index in [-0.39, 0.29) is 12.1 Å². The molecule has 2 aromatic heterocycles. The number of hydrogen-bond acceptors (Lipinski definition) is 4. The van der Waals surface area contributed by atoms with Crippen LogP contribution in [-0.4, -0.2) is 28.9 Å². The van der Waals surface area contributed by atoms with Gasteiger partial charge in [0, 0.05) is 29.8 Å². The Kier molecular flexibility index (Phi) is 5.94. The lowest BCUT2D eigenvalue weighted by atomic mass is 10.0. The van der Waals surface area contributed by atoms with Crippen molar-refractivity contribution in [3.8, 4) is 17.2 Å². The van der Waals surface area contributed by atoms with Crippen molar-refractivity contribution in [3.05, 3.63) is 102 Å². The van der Waals surface area contributed by atoms with Crippen LogP contribution in [0.3, 0.4) is 0 Å². The van der Waals surface area contributed by atoms with Gasteiger partial charge in [-0.05, 0) is 73.2 Å². The Morgan fingerprint density at radius 1 is 0.941 bits per heavy atom. The first-order chi connectivity index (χ1) is 16.6. The number of pyridine rings is 1. The number of hydrogen-bond donors (Lipinski definition) is 1. The summed E-state index contributed by atoms with van der Waals surface area (Å²) in [7, 11) is 3.30. The van der Waals surface area contributed by atoms with Crippen molar-refractivity contribution in [2.45, 2.75) is 19.0 Å². The molecule has 1 fully saturated rings. The zero-order valence-corrected chi connectivity index (χ0v) is 20.1. The standard InChI is InChI=1S/C27H26N4O2S/c1-18-8-6-9-19(16-18)30-15-7-11-23(30)26-25(21-10-4-5-14-28-21)29-27(34)31(26)22-13-12-20(32-2)17-24(22)33-3/h4-17,25-26H,1-3H3,(H,29,34)/t25-,26+/m1/s1. The fraction of sp³-hybridized carbons (Fsp3) is 0.185. The third kappa shape index (κ3) is 3.88. The van der Waals surface area contributed by atoms with E-state index in [1.54, 1.807) is 14.2 Å². The highest BCUT2D eigenvalue weighted by molar-refractivity contribution is 7.80. The largest absolute Gasteiger partial charge is 0.497 e. The molecule has 0 amide bonds. The second-order valence-corrected chi connectivity index (χ2v) is 8.56. The number of methoxy groups -OCH3 is 2. The molecule has 1 N–H and O–H groups in total. The number of aryl methyl sites for hydroxylation is 1. The van der Waals surface area contributed by atoms with Crippen LogP contribution in [0.4, 0.5) is 5.69 Å². The van der Waals surface area contributed by atoms with Crippen molar-refractivity contribution < 1.29 is 9.47 Å². The zero-order chi connectivity index (χ0) is 23.7. The molecule has 0 spiro atoms. The molecule has 1 saturated heterocycles. The Bertz CT molecular complexity index is 1320. The normalized spacial score (nSPS) is 17.5. The number of ether oxygens (including phenoxy) is 2. The van der Waals surface area contributed by atoms with E-state index in [2.05, 4.69) is 69.3 Å². The summed E-state index contributed by atoms with van der Waals surface area (Å²) < 4.78 is 13.4. The van der Waals surface area contributed by atoms with Crippen LogP contribution in [0, 0.1) is 6.92 Å². The van der Waals surface area contributed by atoms with E-state index in [4.69, 9.17) is 21.7 Å². The minimum atomic E-state index is -0.166. The van der Waals surface area contributed by atoms with Crippen LogP contribution >= 0.6 is 12.2 Å². The van der Waals surface area contributed by atoms with Gasteiger partial charge in [0.15, 0.2) is 5.11 Å².